The number of benzene rings is 1. The fourth-order valence-corrected chi connectivity index (χ4v) is 5.05. The maximum Gasteiger partial charge on any atom is 0.417 e. The van der Waals surface area contributed by atoms with Crippen LogP contribution in [0.3, 0.4) is 0 Å². The SMILES string of the molecule is CN=CN=C(N)c1cc(NC(=O)N2C3CC(C)CC2(c2nnc(COC)o2)C3)c(F)cc1C(F)(F)F. The molecule has 2 aromatic rings. The number of ether oxygens (including phenoxy) is 1. The predicted molar refractivity (Wildman–Crippen MR) is 121 cm³/mol. The zero-order valence-electron chi connectivity index (χ0n) is 19.8. The van der Waals surface area contributed by atoms with Crippen molar-refractivity contribution in [2.45, 2.75) is 50.6 Å². The van der Waals surface area contributed by atoms with Crippen molar-refractivity contribution >= 4 is 23.9 Å². The molecule has 194 valence electrons. The van der Waals surface area contributed by atoms with E-state index >= 15 is 0 Å². The van der Waals surface area contributed by atoms with Gasteiger partial charge in [0.15, 0.2) is 0 Å². The summed E-state index contributed by atoms with van der Waals surface area (Å²) in [6.45, 7) is 2.13. The normalized spacial score (nSPS) is 24.2. The van der Waals surface area contributed by atoms with Gasteiger partial charge in [-0.3, -0.25) is 4.99 Å². The number of piperidine rings is 1. The van der Waals surface area contributed by atoms with E-state index in [1.165, 1.54) is 19.1 Å². The van der Waals surface area contributed by atoms with Crippen molar-refractivity contribution in [3.63, 3.8) is 0 Å². The molecule has 0 aliphatic carbocycles. The molecule has 0 saturated carbocycles. The lowest BCUT2D eigenvalue weighted by molar-refractivity contribution is -0.137. The average Bonchev–Trinajstić information content (AvgIpc) is 3.26. The highest BCUT2D eigenvalue weighted by molar-refractivity contribution is 6.04. The molecule has 3 heterocycles. The number of hydrogen-bond donors (Lipinski definition) is 2. The number of alkyl halides is 3. The van der Waals surface area contributed by atoms with Gasteiger partial charge in [0.1, 0.15) is 30.1 Å². The molecule has 1 aromatic carbocycles. The van der Waals surface area contributed by atoms with Gasteiger partial charge >= 0.3 is 12.2 Å². The topological polar surface area (TPSA) is 131 Å². The standard InChI is InChI=1S/C22H25F4N7O3/c1-11-4-12-8-21(7-11,19-32-31-17(36-19)9-35-3)33(12)20(34)30-16-5-13(18(27)29-10-28-2)14(6-15(16)23)22(24,25)26/h5-6,10-12H,4,7-9H2,1-3H3,(H,30,34)(H2,27,28,29). The summed E-state index contributed by atoms with van der Waals surface area (Å²) in [4.78, 5) is 22.0. The number of urea groups is 1. The van der Waals surface area contributed by atoms with Crippen LogP contribution in [-0.2, 0) is 23.1 Å². The second-order valence-electron chi connectivity index (χ2n) is 8.93. The molecule has 4 rings (SSSR count). The van der Waals surface area contributed by atoms with E-state index in [2.05, 4.69) is 25.5 Å². The molecule has 36 heavy (non-hydrogen) atoms. The number of hydrogen-bond acceptors (Lipinski definition) is 6. The van der Waals surface area contributed by atoms with Crippen LogP contribution >= 0.6 is 0 Å². The van der Waals surface area contributed by atoms with E-state index in [1.54, 1.807) is 0 Å². The number of amides is 2. The minimum atomic E-state index is -4.91. The fourth-order valence-electron chi connectivity index (χ4n) is 5.05. The molecule has 3 unspecified atom stereocenters. The van der Waals surface area contributed by atoms with Gasteiger partial charge in [-0.15, -0.1) is 10.2 Å². The number of halogens is 4. The molecule has 2 bridgehead atoms. The number of aliphatic imine (C=N–C) groups is 2. The molecule has 2 aliphatic heterocycles. The maximum atomic E-state index is 14.8. The van der Waals surface area contributed by atoms with Crippen LogP contribution in [-0.4, -0.2) is 53.5 Å². The monoisotopic (exact) mass is 511 g/mol. The number of fused-ring (bicyclic) bond motifs is 2. The van der Waals surface area contributed by atoms with Crippen LogP contribution in [0.1, 0.15) is 49.1 Å². The molecule has 3 N–H and O–H groups in total. The van der Waals surface area contributed by atoms with Crippen LogP contribution in [0.2, 0.25) is 0 Å². The Morgan fingerprint density at radius 1 is 1.39 bits per heavy atom. The summed E-state index contributed by atoms with van der Waals surface area (Å²) >= 11 is 0. The van der Waals surface area contributed by atoms with Gasteiger partial charge in [0.05, 0.1) is 11.3 Å². The number of amidine groups is 1. The van der Waals surface area contributed by atoms with Crippen molar-refractivity contribution < 1.29 is 31.5 Å². The molecule has 2 saturated heterocycles. The van der Waals surface area contributed by atoms with E-state index in [0.29, 0.717) is 19.3 Å². The van der Waals surface area contributed by atoms with Gasteiger partial charge in [-0.05, 0) is 30.9 Å². The average molecular weight is 511 g/mol. The molecule has 10 nitrogen and oxygen atoms in total. The fraction of sp³-hybridized carbons (Fsp3) is 0.500. The molecule has 0 radical (unpaired) electrons. The number of methoxy groups -OCH3 is 1. The molecule has 2 fully saturated rings. The predicted octanol–water partition coefficient (Wildman–Crippen LogP) is 3.67. The van der Waals surface area contributed by atoms with Crippen LogP contribution in [0.4, 0.5) is 28.0 Å². The third-order valence-electron chi connectivity index (χ3n) is 6.35. The summed E-state index contributed by atoms with van der Waals surface area (Å²) in [6, 6.07) is 0.197. The lowest BCUT2D eigenvalue weighted by atomic mass is 9.64. The molecule has 2 aliphatic rings. The number of aromatic nitrogens is 2. The molecule has 3 atom stereocenters. The summed E-state index contributed by atoms with van der Waals surface area (Å²) in [5, 5.41) is 10.5. The Hall–Kier alpha value is -3.55. The Kier molecular flexibility index (Phi) is 6.73. The smallest absolute Gasteiger partial charge is 0.417 e. The highest BCUT2D eigenvalue weighted by Gasteiger charge is 2.62. The number of nitrogens with two attached hydrogens (primary N) is 1. The van der Waals surface area contributed by atoms with E-state index in [4.69, 9.17) is 14.9 Å². The van der Waals surface area contributed by atoms with Gasteiger partial charge in [0.25, 0.3) is 0 Å². The largest absolute Gasteiger partial charge is 0.420 e. The Morgan fingerprint density at radius 3 is 2.81 bits per heavy atom. The zero-order chi connectivity index (χ0) is 26.3. The van der Waals surface area contributed by atoms with Crippen molar-refractivity contribution in [3.8, 4) is 0 Å². The molecular weight excluding hydrogens is 486 g/mol. The quantitative estimate of drug-likeness (QED) is 0.346. The third-order valence-corrected chi connectivity index (χ3v) is 6.35. The maximum absolute atomic E-state index is 14.8. The van der Waals surface area contributed by atoms with Crippen molar-refractivity contribution in [1.82, 2.24) is 15.1 Å². The van der Waals surface area contributed by atoms with Crippen LogP contribution < -0.4 is 11.1 Å². The number of anilines is 1. The first-order valence-electron chi connectivity index (χ1n) is 11.1. The molecule has 2 amide bonds. The van der Waals surface area contributed by atoms with Crippen molar-refractivity contribution in [3.05, 3.63) is 40.9 Å². The second kappa shape index (κ2) is 9.48. The highest BCUT2D eigenvalue weighted by atomic mass is 19.4. The minimum absolute atomic E-state index is 0.0967. The van der Waals surface area contributed by atoms with E-state index < -0.39 is 46.2 Å². The molecule has 1 aromatic heterocycles. The van der Waals surface area contributed by atoms with Gasteiger partial charge in [0, 0.05) is 32.2 Å². The number of nitrogens with zero attached hydrogens (tertiary/aromatic N) is 5. The molecule has 0 spiro atoms. The summed E-state index contributed by atoms with van der Waals surface area (Å²) in [7, 11) is 2.84. The highest BCUT2D eigenvalue weighted by Crippen LogP contribution is 2.55. The molecular formula is C22H25F4N7O3. The van der Waals surface area contributed by atoms with Crippen LogP contribution in [0.25, 0.3) is 0 Å². The Morgan fingerprint density at radius 2 is 2.14 bits per heavy atom. The van der Waals surface area contributed by atoms with Crippen LogP contribution in [0.5, 0.6) is 0 Å². The zero-order valence-corrected chi connectivity index (χ0v) is 19.8. The van der Waals surface area contributed by atoms with Gasteiger partial charge in [-0.2, -0.15) is 13.2 Å². The van der Waals surface area contributed by atoms with Crippen molar-refractivity contribution in [1.29, 1.82) is 0 Å². The minimum Gasteiger partial charge on any atom is -0.420 e. The first kappa shape index (κ1) is 25.5. The van der Waals surface area contributed by atoms with Gasteiger partial charge < -0.3 is 25.1 Å². The van der Waals surface area contributed by atoms with Crippen molar-refractivity contribution in [2.24, 2.45) is 21.6 Å². The summed E-state index contributed by atoms with van der Waals surface area (Å²) in [5.74, 6) is -1.09. The summed E-state index contributed by atoms with van der Waals surface area (Å²) in [5.41, 5.74) is 2.41. The first-order valence-corrected chi connectivity index (χ1v) is 11.1. The number of carbonyl (C=O) groups excluding carboxylic acids is 1. The van der Waals surface area contributed by atoms with E-state index in [1.807, 2.05) is 6.92 Å². The molecule has 14 heteroatoms. The van der Waals surface area contributed by atoms with Gasteiger partial charge in [-0.1, -0.05) is 6.92 Å². The summed E-state index contributed by atoms with van der Waals surface area (Å²) < 4.78 is 66.2. The van der Waals surface area contributed by atoms with Crippen LogP contribution in [0, 0.1) is 11.7 Å². The van der Waals surface area contributed by atoms with Gasteiger partial charge in [-0.25, -0.2) is 14.2 Å². The Bertz CT molecular complexity index is 1210. The van der Waals surface area contributed by atoms with Crippen molar-refractivity contribution in [2.75, 3.05) is 19.5 Å². The number of rotatable bonds is 6. The third kappa shape index (κ3) is 4.52. The number of carbonyl (C=O) groups is 1. The van der Waals surface area contributed by atoms with Gasteiger partial charge in [0.2, 0.25) is 11.8 Å². The lowest BCUT2D eigenvalue weighted by Crippen LogP contribution is -2.70. The lowest BCUT2D eigenvalue weighted by Gasteiger charge is -2.61. The van der Waals surface area contributed by atoms with E-state index in [0.717, 1.165) is 12.4 Å². The Balaban J connectivity index is 1.67. The first-order chi connectivity index (χ1) is 17.0. The number of nitrogens with one attached hydrogen (secondary N) is 1. The van der Waals surface area contributed by atoms with E-state index in [9.17, 15) is 22.4 Å². The van der Waals surface area contributed by atoms with E-state index in [-0.39, 0.29) is 36.4 Å². The Labute approximate surface area is 203 Å². The second-order valence-corrected chi connectivity index (χ2v) is 8.93. The summed E-state index contributed by atoms with van der Waals surface area (Å²) in [6.07, 6.45) is -2.15. The van der Waals surface area contributed by atoms with Crippen LogP contribution in [0.15, 0.2) is 26.5 Å².